The number of aryl methyl sites for hydroxylation is 1. The summed E-state index contributed by atoms with van der Waals surface area (Å²) in [6.45, 7) is 1.86. The highest BCUT2D eigenvalue weighted by molar-refractivity contribution is 6.16. The Morgan fingerprint density at radius 1 is 1.22 bits per heavy atom. The molecule has 120 valence electrons. The molecule has 0 amide bonds. The Balaban J connectivity index is 2.26. The molecule has 0 aliphatic heterocycles. The molecule has 1 aliphatic carbocycles. The second-order valence-corrected chi connectivity index (χ2v) is 5.91. The van der Waals surface area contributed by atoms with Crippen molar-refractivity contribution < 1.29 is 19.1 Å². The topological polar surface area (TPSA) is 52.6 Å². The van der Waals surface area contributed by atoms with Crippen LogP contribution in [0.15, 0.2) is 30.3 Å². The van der Waals surface area contributed by atoms with E-state index in [0.717, 1.165) is 16.3 Å². The van der Waals surface area contributed by atoms with Gasteiger partial charge in [-0.2, -0.15) is 0 Å². The molecule has 4 heteroatoms. The summed E-state index contributed by atoms with van der Waals surface area (Å²) in [6, 6.07) is 9.66. The van der Waals surface area contributed by atoms with E-state index < -0.39 is 11.4 Å². The molecule has 2 aromatic carbocycles. The summed E-state index contributed by atoms with van der Waals surface area (Å²) in [5, 5.41) is 2.01. The van der Waals surface area contributed by atoms with Gasteiger partial charge in [-0.25, -0.2) is 0 Å². The summed E-state index contributed by atoms with van der Waals surface area (Å²) < 4.78 is 10.4. The van der Waals surface area contributed by atoms with E-state index in [2.05, 4.69) is 0 Å². The molecule has 0 saturated heterocycles. The van der Waals surface area contributed by atoms with Gasteiger partial charge in [0, 0.05) is 10.9 Å². The number of methoxy groups -OCH3 is 2. The summed E-state index contributed by atoms with van der Waals surface area (Å²) in [4.78, 5) is 25.4. The quantitative estimate of drug-likeness (QED) is 0.642. The molecular formula is C19H20O4. The number of hydrogen-bond acceptors (Lipinski definition) is 4. The third-order valence-corrected chi connectivity index (χ3v) is 5.00. The maximum atomic E-state index is 13.1. The Morgan fingerprint density at radius 3 is 2.52 bits per heavy atom. The smallest absolute Gasteiger partial charge is 0.319 e. The van der Waals surface area contributed by atoms with Crippen LogP contribution >= 0.6 is 0 Å². The van der Waals surface area contributed by atoms with Crippen LogP contribution in [-0.4, -0.2) is 26.0 Å². The van der Waals surface area contributed by atoms with Crippen LogP contribution in [0.4, 0.5) is 0 Å². The van der Waals surface area contributed by atoms with Crippen molar-refractivity contribution in [2.45, 2.75) is 26.2 Å². The minimum absolute atomic E-state index is 0.155. The highest BCUT2D eigenvalue weighted by atomic mass is 16.5. The van der Waals surface area contributed by atoms with Gasteiger partial charge in [0.2, 0.25) is 0 Å². The van der Waals surface area contributed by atoms with Crippen LogP contribution < -0.4 is 4.74 Å². The molecule has 2 aromatic rings. The molecule has 0 aromatic heterocycles. The second kappa shape index (κ2) is 5.69. The van der Waals surface area contributed by atoms with Crippen molar-refractivity contribution in [1.82, 2.24) is 0 Å². The molecule has 0 heterocycles. The molecule has 1 atom stereocenters. The monoisotopic (exact) mass is 312 g/mol. The van der Waals surface area contributed by atoms with Crippen molar-refractivity contribution in [2.75, 3.05) is 14.2 Å². The number of fused-ring (bicyclic) bond motifs is 3. The predicted molar refractivity (Wildman–Crippen MR) is 87.9 cm³/mol. The number of esters is 1. The van der Waals surface area contributed by atoms with E-state index in [1.807, 2.05) is 31.2 Å². The maximum Gasteiger partial charge on any atom is 0.319 e. The second-order valence-electron chi connectivity index (χ2n) is 5.91. The Labute approximate surface area is 135 Å². The summed E-state index contributed by atoms with van der Waals surface area (Å²) in [7, 11) is 2.93. The maximum absolute atomic E-state index is 13.1. The van der Waals surface area contributed by atoms with E-state index >= 15 is 0 Å². The van der Waals surface area contributed by atoms with E-state index in [1.165, 1.54) is 7.11 Å². The first-order chi connectivity index (χ1) is 11.1. The molecule has 1 aliphatic rings. The fraction of sp³-hybridized carbons (Fsp3) is 0.368. The molecule has 23 heavy (non-hydrogen) atoms. The normalized spacial score (nSPS) is 20.2. The summed E-state index contributed by atoms with van der Waals surface area (Å²) >= 11 is 0. The van der Waals surface area contributed by atoms with Crippen LogP contribution in [0.3, 0.4) is 0 Å². The van der Waals surface area contributed by atoms with Crippen LogP contribution in [0.5, 0.6) is 5.75 Å². The lowest BCUT2D eigenvalue weighted by atomic mass is 9.68. The molecule has 0 N–H and O–H groups in total. The summed E-state index contributed by atoms with van der Waals surface area (Å²) in [5.41, 5.74) is 0.508. The van der Waals surface area contributed by atoms with Gasteiger partial charge >= 0.3 is 5.97 Å². The van der Waals surface area contributed by atoms with Crippen molar-refractivity contribution in [2.24, 2.45) is 5.41 Å². The Morgan fingerprint density at radius 2 is 1.91 bits per heavy atom. The minimum Gasteiger partial charge on any atom is -0.496 e. The number of carbonyl (C=O) groups excluding carboxylic acids is 2. The third-order valence-electron chi connectivity index (χ3n) is 5.00. The van der Waals surface area contributed by atoms with Gasteiger partial charge in [-0.3, -0.25) is 9.59 Å². The lowest BCUT2D eigenvalue weighted by Crippen LogP contribution is -2.43. The van der Waals surface area contributed by atoms with Gasteiger partial charge in [0.1, 0.15) is 11.2 Å². The highest BCUT2D eigenvalue weighted by Crippen LogP contribution is 2.43. The van der Waals surface area contributed by atoms with Gasteiger partial charge in [0.15, 0.2) is 5.78 Å². The lowest BCUT2D eigenvalue weighted by molar-refractivity contribution is -0.150. The molecule has 0 saturated carbocycles. The van der Waals surface area contributed by atoms with Crippen molar-refractivity contribution >= 4 is 22.5 Å². The van der Waals surface area contributed by atoms with E-state index in [4.69, 9.17) is 9.47 Å². The summed E-state index contributed by atoms with van der Waals surface area (Å²) in [6.07, 6.45) is 1.60. The SMILES string of the molecule is CC[C@@]1(C(=O)OC)CCc2c(cc(OC)c3ccccc23)C1=O. The molecule has 0 radical (unpaired) electrons. The number of hydrogen-bond donors (Lipinski definition) is 0. The first kappa shape index (κ1) is 15.5. The average Bonchev–Trinajstić information content (AvgIpc) is 2.61. The van der Waals surface area contributed by atoms with E-state index in [0.29, 0.717) is 30.6 Å². The summed E-state index contributed by atoms with van der Waals surface area (Å²) in [5.74, 6) is 0.0596. The van der Waals surface area contributed by atoms with Crippen molar-refractivity contribution in [3.8, 4) is 5.75 Å². The minimum atomic E-state index is -1.07. The predicted octanol–water partition coefficient (Wildman–Crippen LogP) is 3.55. The number of rotatable bonds is 3. The first-order valence-corrected chi connectivity index (χ1v) is 7.81. The van der Waals surface area contributed by atoms with E-state index in [-0.39, 0.29) is 5.78 Å². The molecular weight excluding hydrogens is 292 g/mol. The molecule has 0 bridgehead atoms. The van der Waals surface area contributed by atoms with Crippen LogP contribution in [0.25, 0.3) is 10.8 Å². The fourth-order valence-corrected chi connectivity index (χ4v) is 3.62. The highest BCUT2D eigenvalue weighted by Gasteiger charge is 2.48. The molecule has 3 rings (SSSR count). The number of carbonyl (C=O) groups is 2. The number of benzene rings is 2. The largest absolute Gasteiger partial charge is 0.496 e. The standard InChI is InChI=1S/C19H20O4/c1-4-19(18(21)23-3)10-9-13-12-7-5-6-8-14(12)16(22-2)11-15(13)17(19)20/h5-8,11H,4,9-10H2,1-3H3/t19-/m1/s1. The Kier molecular flexibility index (Phi) is 3.84. The van der Waals surface area contributed by atoms with Crippen LogP contribution in [0.2, 0.25) is 0 Å². The molecule has 0 fully saturated rings. The van der Waals surface area contributed by atoms with Gasteiger partial charge in [-0.1, -0.05) is 31.2 Å². The molecule has 4 nitrogen and oxygen atoms in total. The van der Waals surface area contributed by atoms with Gasteiger partial charge in [-0.05, 0) is 36.3 Å². The average molecular weight is 312 g/mol. The zero-order chi connectivity index (χ0) is 16.6. The van der Waals surface area contributed by atoms with E-state index in [1.54, 1.807) is 13.2 Å². The van der Waals surface area contributed by atoms with Crippen LogP contribution in [0.1, 0.15) is 35.7 Å². The van der Waals surface area contributed by atoms with Gasteiger partial charge in [-0.15, -0.1) is 0 Å². The van der Waals surface area contributed by atoms with Crippen LogP contribution in [-0.2, 0) is 16.0 Å². The number of Topliss-reactive ketones (excluding diaryl/α,β-unsaturated/α-hetero) is 1. The Hall–Kier alpha value is -2.36. The molecule has 0 spiro atoms. The van der Waals surface area contributed by atoms with Gasteiger partial charge in [0.05, 0.1) is 14.2 Å². The zero-order valence-corrected chi connectivity index (χ0v) is 13.6. The number of ketones is 1. The van der Waals surface area contributed by atoms with Gasteiger partial charge < -0.3 is 9.47 Å². The Bertz CT molecular complexity index is 793. The van der Waals surface area contributed by atoms with Crippen molar-refractivity contribution in [3.05, 3.63) is 41.5 Å². The van der Waals surface area contributed by atoms with E-state index in [9.17, 15) is 9.59 Å². The fourth-order valence-electron chi connectivity index (χ4n) is 3.62. The number of ether oxygens (including phenoxy) is 2. The zero-order valence-electron chi connectivity index (χ0n) is 13.6. The first-order valence-electron chi connectivity index (χ1n) is 7.81. The van der Waals surface area contributed by atoms with Gasteiger partial charge in [0.25, 0.3) is 0 Å². The van der Waals surface area contributed by atoms with Crippen molar-refractivity contribution in [1.29, 1.82) is 0 Å². The van der Waals surface area contributed by atoms with Crippen LogP contribution in [0, 0.1) is 5.41 Å². The van der Waals surface area contributed by atoms with Crippen molar-refractivity contribution in [3.63, 3.8) is 0 Å². The molecule has 0 unspecified atom stereocenters. The third kappa shape index (κ3) is 2.12. The lowest BCUT2D eigenvalue weighted by Gasteiger charge is -2.34.